The highest BCUT2D eigenvalue weighted by molar-refractivity contribution is 5.87. The summed E-state index contributed by atoms with van der Waals surface area (Å²) in [5.41, 5.74) is -0.0249. The molecule has 1 aliphatic carbocycles. The second-order valence-electron chi connectivity index (χ2n) is 8.61. The molecule has 0 radical (unpaired) electrons. The Kier molecular flexibility index (Phi) is 4.97. The summed E-state index contributed by atoms with van der Waals surface area (Å²) in [6.07, 6.45) is 9.37. The Hall–Kier alpha value is -1.89. The summed E-state index contributed by atoms with van der Waals surface area (Å²) < 4.78 is 2.22. The van der Waals surface area contributed by atoms with Crippen molar-refractivity contribution in [3.05, 3.63) is 18.2 Å². The summed E-state index contributed by atoms with van der Waals surface area (Å²) in [6.45, 7) is 6.51. The van der Waals surface area contributed by atoms with Crippen LogP contribution in [0.3, 0.4) is 0 Å². The van der Waals surface area contributed by atoms with E-state index in [0.29, 0.717) is 13.0 Å². The van der Waals surface area contributed by atoms with Crippen LogP contribution < -0.4 is 0 Å². The molecule has 4 rings (SSSR count). The van der Waals surface area contributed by atoms with Crippen LogP contribution in [-0.2, 0) is 22.7 Å². The van der Waals surface area contributed by atoms with Gasteiger partial charge in [-0.15, -0.1) is 0 Å². The second kappa shape index (κ2) is 7.26. The molecule has 1 spiro atoms. The first-order valence-corrected chi connectivity index (χ1v) is 10.3. The number of hydrogen-bond acceptors (Lipinski definition) is 4. The maximum Gasteiger partial charge on any atom is 0.326 e. The molecule has 3 aliphatic rings. The molecule has 3 fully saturated rings. The van der Waals surface area contributed by atoms with Gasteiger partial charge >= 0.3 is 5.97 Å². The number of carbonyl (C=O) groups excluding carboxylic acids is 1. The van der Waals surface area contributed by atoms with Gasteiger partial charge in [-0.05, 0) is 57.0 Å². The SMILES string of the molecule is CCCn1ccnc1CN1CCC2(CC1)C[C@@H](C(=O)O)N(C(=O)C1CC1)C2. The van der Waals surface area contributed by atoms with Crippen LogP contribution in [0.2, 0.25) is 0 Å². The van der Waals surface area contributed by atoms with Crippen LogP contribution >= 0.6 is 0 Å². The zero-order valence-electron chi connectivity index (χ0n) is 16.1. The van der Waals surface area contributed by atoms with E-state index in [1.54, 1.807) is 4.90 Å². The van der Waals surface area contributed by atoms with E-state index < -0.39 is 12.0 Å². The summed E-state index contributed by atoms with van der Waals surface area (Å²) in [5, 5.41) is 9.64. The van der Waals surface area contributed by atoms with Crippen LogP contribution in [0.4, 0.5) is 0 Å². The number of amides is 1. The summed E-state index contributed by atoms with van der Waals surface area (Å²) in [5.74, 6) is 0.417. The molecule has 0 bridgehead atoms. The smallest absolute Gasteiger partial charge is 0.326 e. The van der Waals surface area contributed by atoms with E-state index in [2.05, 4.69) is 21.4 Å². The van der Waals surface area contributed by atoms with E-state index in [1.165, 1.54) is 0 Å². The third-order valence-electron chi connectivity index (χ3n) is 6.55. The number of likely N-dealkylation sites (tertiary alicyclic amines) is 2. The van der Waals surface area contributed by atoms with Crippen molar-refractivity contribution in [3.8, 4) is 0 Å². The maximum absolute atomic E-state index is 12.6. The van der Waals surface area contributed by atoms with Crippen molar-refractivity contribution in [2.45, 2.75) is 64.6 Å². The normalized spacial score (nSPS) is 25.2. The number of hydrogen-bond donors (Lipinski definition) is 1. The first-order chi connectivity index (χ1) is 13.0. The minimum absolute atomic E-state index is 0.0249. The Morgan fingerprint density at radius 2 is 2.04 bits per heavy atom. The third kappa shape index (κ3) is 3.74. The van der Waals surface area contributed by atoms with E-state index in [0.717, 1.165) is 64.1 Å². The lowest BCUT2D eigenvalue weighted by Crippen LogP contribution is -2.43. The van der Waals surface area contributed by atoms with E-state index in [9.17, 15) is 14.7 Å². The van der Waals surface area contributed by atoms with Gasteiger partial charge in [-0.25, -0.2) is 9.78 Å². The van der Waals surface area contributed by atoms with Gasteiger partial charge in [0.15, 0.2) is 0 Å². The van der Waals surface area contributed by atoms with Gasteiger partial charge in [0.25, 0.3) is 0 Å². The van der Waals surface area contributed by atoms with Crippen LogP contribution in [0, 0.1) is 11.3 Å². The topological polar surface area (TPSA) is 78.7 Å². The Bertz CT molecular complexity index is 704. The number of aromatic nitrogens is 2. The van der Waals surface area contributed by atoms with Gasteiger partial charge in [0, 0.05) is 31.4 Å². The molecule has 0 aromatic carbocycles. The minimum atomic E-state index is -0.843. The molecule has 148 valence electrons. The number of aryl methyl sites for hydroxylation is 1. The Labute approximate surface area is 160 Å². The van der Waals surface area contributed by atoms with Crippen molar-refractivity contribution in [3.63, 3.8) is 0 Å². The highest BCUT2D eigenvalue weighted by Gasteiger charge is 2.51. The van der Waals surface area contributed by atoms with Crippen LogP contribution in [0.15, 0.2) is 12.4 Å². The third-order valence-corrected chi connectivity index (χ3v) is 6.55. The van der Waals surface area contributed by atoms with Gasteiger partial charge in [-0.1, -0.05) is 6.92 Å². The lowest BCUT2D eigenvalue weighted by molar-refractivity contribution is -0.148. The van der Waals surface area contributed by atoms with E-state index >= 15 is 0 Å². The van der Waals surface area contributed by atoms with Crippen LogP contribution in [0.25, 0.3) is 0 Å². The lowest BCUT2D eigenvalue weighted by atomic mass is 9.76. The molecule has 1 N–H and O–H groups in total. The summed E-state index contributed by atoms with van der Waals surface area (Å²) >= 11 is 0. The van der Waals surface area contributed by atoms with Gasteiger partial charge in [-0.2, -0.15) is 0 Å². The average molecular weight is 374 g/mol. The van der Waals surface area contributed by atoms with Crippen molar-refractivity contribution >= 4 is 11.9 Å². The monoisotopic (exact) mass is 374 g/mol. The molecule has 1 aromatic rings. The molecule has 27 heavy (non-hydrogen) atoms. The van der Waals surface area contributed by atoms with Crippen molar-refractivity contribution in [1.29, 1.82) is 0 Å². The molecule has 2 saturated heterocycles. The second-order valence-corrected chi connectivity index (χ2v) is 8.61. The van der Waals surface area contributed by atoms with Gasteiger partial charge in [0.05, 0.1) is 6.54 Å². The summed E-state index contributed by atoms with van der Waals surface area (Å²) in [4.78, 5) is 32.9. The van der Waals surface area contributed by atoms with Crippen molar-refractivity contribution in [1.82, 2.24) is 19.4 Å². The van der Waals surface area contributed by atoms with Crippen LogP contribution in [0.1, 0.15) is 51.3 Å². The van der Waals surface area contributed by atoms with Gasteiger partial charge < -0.3 is 14.6 Å². The molecular weight excluding hydrogens is 344 g/mol. The fraction of sp³-hybridized carbons (Fsp3) is 0.750. The number of imidazole rings is 1. The lowest BCUT2D eigenvalue weighted by Gasteiger charge is -2.39. The predicted octanol–water partition coefficient (Wildman–Crippen LogP) is 1.97. The first-order valence-electron chi connectivity index (χ1n) is 10.3. The van der Waals surface area contributed by atoms with E-state index in [-0.39, 0.29) is 17.2 Å². The highest BCUT2D eigenvalue weighted by Crippen LogP contribution is 2.45. The highest BCUT2D eigenvalue weighted by atomic mass is 16.4. The number of aliphatic carboxylic acids is 1. The first kappa shape index (κ1) is 18.5. The average Bonchev–Trinajstić information content (AvgIpc) is 3.31. The molecule has 7 heteroatoms. The van der Waals surface area contributed by atoms with Crippen molar-refractivity contribution in [2.24, 2.45) is 11.3 Å². The van der Waals surface area contributed by atoms with Crippen molar-refractivity contribution < 1.29 is 14.7 Å². The van der Waals surface area contributed by atoms with Crippen LogP contribution in [0.5, 0.6) is 0 Å². The Morgan fingerprint density at radius 3 is 2.67 bits per heavy atom. The molecule has 1 saturated carbocycles. The molecule has 0 unspecified atom stereocenters. The minimum Gasteiger partial charge on any atom is -0.480 e. The fourth-order valence-corrected chi connectivity index (χ4v) is 4.76. The Morgan fingerprint density at radius 1 is 1.30 bits per heavy atom. The number of nitrogens with zero attached hydrogens (tertiary/aromatic N) is 4. The van der Waals surface area contributed by atoms with Gasteiger partial charge in [0.1, 0.15) is 11.9 Å². The van der Waals surface area contributed by atoms with Crippen molar-refractivity contribution in [2.75, 3.05) is 19.6 Å². The molecule has 7 nitrogen and oxygen atoms in total. The molecule has 1 aromatic heterocycles. The number of carboxylic acids is 1. The zero-order chi connectivity index (χ0) is 19.0. The molecule has 1 amide bonds. The van der Waals surface area contributed by atoms with Gasteiger partial charge in [-0.3, -0.25) is 9.69 Å². The quantitative estimate of drug-likeness (QED) is 0.824. The number of carbonyl (C=O) groups is 2. The number of piperidine rings is 1. The number of rotatable bonds is 6. The molecular formula is C20H30N4O3. The fourth-order valence-electron chi connectivity index (χ4n) is 4.76. The molecule has 2 aliphatic heterocycles. The standard InChI is InChI=1S/C20H30N4O3/c1-2-8-23-11-7-21-17(23)13-22-9-5-20(6-10-22)12-16(19(26)27)24(14-20)18(25)15-3-4-15/h7,11,15-16H,2-6,8-10,12-14H2,1H3,(H,26,27)/t16-/m0/s1. The largest absolute Gasteiger partial charge is 0.480 e. The van der Waals surface area contributed by atoms with Gasteiger partial charge in [0.2, 0.25) is 5.91 Å². The zero-order valence-corrected chi connectivity index (χ0v) is 16.1. The summed E-state index contributed by atoms with van der Waals surface area (Å²) in [7, 11) is 0. The van der Waals surface area contributed by atoms with E-state index in [4.69, 9.17) is 0 Å². The molecule has 3 heterocycles. The van der Waals surface area contributed by atoms with Crippen LogP contribution in [-0.4, -0.2) is 62.0 Å². The Balaban J connectivity index is 1.38. The summed E-state index contributed by atoms with van der Waals surface area (Å²) in [6, 6.07) is -0.631. The maximum atomic E-state index is 12.6. The van der Waals surface area contributed by atoms with E-state index in [1.807, 2.05) is 12.4 Å². The predicted molar refractivity (Wildman–Crippen MR) is 99.9 cm³/mol. The molecule has 1 atom stereocenters. The number of carboxylic acid groups (broad SMARTS) is 1.